The topological polar surface area (TPSA) is 51.4 Å². The molecule has 0 spiro atoms. The predicted octanol–water partition coefficient (Wildman–Crippen LogP) is 0.970. The lowest BCUT2D eigenvalue weighted by Gasteiger charge is -2.15. The van der Waals surface area contributed by atoms with E-state index >= 15 is 0 Å². The zero-order chi connectivity index (χ0) is 9.14. The summed E-state index contributed by atoms with van der Waals surface area (Å²) in [5.74, 6) is 0.754. The van der Waals surface area contributed by atoms with Crippen molar-refractivity contribution in [2.45, 2.75) is 6.92 Å². The Bertz CT molecular complexity index is 275. The highest BCUT2D eigenvalue weighted by Gasteiger charge is 2.01. The van der Waals surface area contributed by atoms with E-state index in [1.54, 1.807) is 25.4 Å². The predicted molar refractivity (Wildman–Crippen MR) is 48.8 cm³/mol. The number of nitrogens with zero attached hydrogens (tertiary/aromatic N) is 2. The van der Waals surface area contributed by atoms with E-state index in [2.05, 4.69) is 4.98 Å². The number of nitrogen functional groups attached to an aromatic ring is 1. The van der Waals surface area contributed by atoms with Gasteiger partial charge in [-0.15, -0.1) is 0 Å². The maximum Gasteiger partial charge on any atom is 0.152 e. The van der Waals surface area contributed by atoms with Crippen LogP contribution in [0.2, 0.25) is 0 Å². The van der Waals surface area contributed by atoms with Gasteiger partial charge < -0.3 is 5.73 Å². The van der Waals surface area contributed by atoms with Crippen molar-refractivity contribution in [2.24, 2.45) is 0 Å². The molecule has 0 aliphatic heterocycles. The van der Waals surface area contributed by atoms with E-state index in [4.69, 9.17) is 10.6 Å². The first kappa shape index (κ1) is 8.80. The Balaban J connectivity index is 2.96. The maximum absolute atomic E-state index is 5.61. The third-order valence-electron chi connectivity index (χ3n) is 1.73. The quantitative estimate of drug-likeness (QED) is 0.667. The lowest BCUT2D eigenvalue weighted by atomic mass is 10.2. The van der Waals surface area contributed by atoms with Gasteiger partial charge in [0.15, 0.2) is 5.82 Å². The summed E-state index contributed by atoms with van der Waals surface area (Å²) in [5.41, 5.74) is 7.31. The van der Waals surface area contributed by atoms with Gasteiger partial charge in [0.2, 0.25) is 0 Å². The molecule has 0 fully saturated rings. The smallest absolute Gasteiger partial charge is 0.152 e. The molecule has 1 heterocycles. The lowest BCUT2D eigenvalue weighted by molar-refractivity contribution is 0.182. The van der Waals surface area contributed by atoms with Crippen molar-refractivity contribution < 1.29 is 4.84 Å². The van der Waals surface area contributed by atoms with Crippen molar-refractivity contribution in [1.82, 2.24) is 4.98 Å². The van der Waals surface area contributed by atoms with Crippen LogP contribution in [-0.4, -0.2) is 19.1 Å². The molecule has 0 aliphatic rings. The van der Waals surface area contributed by atoms with Crippen LogP contribution < -0.4 is 10.8 Å². The van der Waals surface area contributed by atoms with Gasteiger partial charge in [0, 0.05) is 7.05 Å². The number of hydroxylamine groups is 1. The van der Waals surface area contributed by atoms with Crippen LogP contribution in [0.4, 0.5) is 11.5 Å². The summed E-state index contributed by atoms with van der Waals surface area (Å²) in [6, 6.07) is 1.87. The zero-order valence-electron chi connectivity index (χ0n) is 7.53. The molecule has 0 radical (unpaired) electrons. The number of hydrogen-bond acceptors (Lipinski definition) is 4. The van der Waals surface area contributed by atoms with Crippen molar-refractivity contribution in [3.8, 4) is 0 Å². The molecule has 1 rings (SSSR count). The second-order valence-electron chi connectivity index (χ2n) is 2.58. The van der Waals surface area contributed by atoms with Crippen LogP contribution in [0.5, 0.6) is 0 Å². The molecule has 2 N–H and O–H groups in total. The molecule has 4 heteroatoms. The van der Waals surface area contributed by atoms with E-state index < -0.39 is 0 Å². The summed E-state index contributed by atoms with van der Waals surface area (Å²) < 4.78 is 0. The number of aryl methyl sites for hydroxylation is 1. The number of anilines is 2. The Labute approximate surface area is 71.9 Å². The highest BCUT2D eigenvalue weighted by Crippen LogP contribution is 2.15. The summed E-state index contributed by atoms with van der Waals surface area (Å²) in [5, 5.41) is 1.58. The Hall–Kier alpha value is -1.29. The summed E-state index contributed by atoms with van der Waals surface area (Å²) >= 11 is 0. The van der Waals surface area contributed by atoms with Crippen LogP contribution in [0.1, 0.15) is 5.56 Å². The first-order chi connectivity index (χ1) is 5.65. The second-order valence-corrected chi connectivity index (χ2v) is 2.58. The SMILES string of the molecule is CON(C)c1cc(C)c(N)cn1. The van der Waals surface area contributed by atoms with Crippen molar-refractivity contribution >= 4 is 11.5 Å². The van der Waals surface area contributed by atoms with Crippen molar-refractivity contribution in [3.63, 3.8) is 0 Å². The van der Waals surface area contributed by atoms with Crippen LogP contribution in [0.3, 0.4) is 0 Å². The van der Waals surface area contributed by atoms with E-state index in [-0.39, 0.29) is 0 Å². The van der Waals surface area contributed by atoms with Gasteiger partial charge in [0.1, 0.15) is 0 Å². The molecular weight excluding hydrogens is 154 g/mol. The van der Waals surface area contributed by atoms with Crippen molar-refractivity contribution in [2.75, 3.05) is 25.0 Å². The molecule has 0 saturated carbocycles. The van der Waals surface area contributed by atoms with E-state index in [9.17, 15) is 0 Å². The maximum atomic E-state index is 5.61. The summed E-state index contributed by atoms with van der Waals surface area (Å²) in [4.78, 5) is 9.05. The van der Waals surface area contributed by atoms with E-state index in [0.717, 1.165) is 11.4 Å². The molecule has 1 aromatic heterocycles. The molecule has 0 amide bonds. The first-order valence-corrected chi connectivity index (χ1v) is 3.65. The number of aromatic nitrogens is 1. The molecule has 0 aromatic carbocycles. The normalized spacial score (nSPS) is 9.92. The van der Waals surface area contributed by atoms with Gasteiger partial charge in [0.05, 0.1) is 19.0 Å². The fraction of sp³-hybridized carbons (Fsp3) is 0.375. The van der Waals surface area contributed by atoms with Crippen LogP contribution in [0, 0.1) is 6.92 Å². The highest BCUT2D eigenvalue weighted by molar-refractivity contribution is 5.50. The average Bonchev–Trinajstić information content (AvgIpc) is 2.08. The van der Waals surface area contributed by atoms with Gasteiger partial charge in [0.25, 0.3) is 0 Å². The van der Waals surface area contributed by atoms with Gasteiger partial charge in [-0.05, 0) is 18.6 Å². The third kappa shape index (κ3) is 1.65. The molecule has 0 bridgehead atoms. The van der Waals surface area contributed by atoms with E-state index in [1.165, 1.54) is 0 Å². The largest absolute Gasteiger partial charge is 0.397 e. The molecule has 4 nitrogen and oxygen atoms in total. The molecule has 1 aromatic rings. The van der Waals surface area contributed by atoms with Gasteiger partial charge >= 0.3 is 0 Å². The lowest BCUT2D eigenvalue weighted by Crippen LogP contribution is -2.16. The Kier molecular flexibility index (Phi) is 2.50. The fourth-order valence-electron chi connectivity index (χ4n) is 0.817. The molecule has 12 heavy (non-hydrogen) atoms. The van der Waals surface area contributed by atoms with Gasteiger partial charge in [-0.25, -0.2) is 10.0 Å². The van der Waals surface area contributed by atoms with Crippen molar-refractivity contribution in [1.29, 1.82) is 0 Å². The molecular formula is C8H13N3O. The molecule has 0 aliphatic carbocycles. The highest BCUT2D eigenvalue weighted by atomic mass is 16.7. The van der Waals surface area contributed by atoms with Crippen molar-refractivity contribution in [3.05, 3.63) is 17.8 Å². The standard InChI is InChI=1S/C8H13N3O/c1-6-4-8(11(2)12-3)10-5-7(6)9/h4-5H,9H2,1-3H3. The van der Waals surface area contributed by atoms with E-state index in [1.807, 2.05) is 13.0 Å². The van der Waals surface area contributed by atoms with Crippen LogP contribution in [0.25, 0.3) is 0 Å². The average molecular weight is 167 g/mol. The number of hydrogen-bond donors (Lipinski definition) is 1. The minimum absolute atomic E-state index is 0.697. The molecule has 0 saturated heterocycles. The Morgan fingerprint density at radius 1 is 1.58 bits per heavy atom. The van der Waals surface area contributed by atoms with Gasteiger partial charge in [-0.1, -0.05) is 0 Å². The zero-order valence-corrected chi connectivity index (χ0v) is 7.53. The fourth-order valence-corrected chi connectivity index (χ4v) is 0.817. The number of nitrogens with two attached hydrogens (primary N) is 1. The van der Waals surface area contributed by atoms with Gasteiger partial charge in [-0.3, -0.25) is 4.84 Å². The minimum Gasteiger partial charge on any atom is -0.397 e. The molecule has 0 atom stereocenters. The van der Waals surface area contributed by atoms with E-state index in [0.29, 0.717) is 5.69 Å². The number of rotatable bonds is 2. The van der Waals surface area contributed by atoms with Gasteiger partial charge in [-0.2, -0.15) is 0 Å². The Morgan fingerprint density at radius 2 is 2.25 bits per heavy atom. The molecule has 0 unspecified atom stereocenters. The second kappa shape index (κ2) is 3.40. The number of pyridine rings is 1. The minimum atomic E-state index is 0.697. The Morgan fingerprint density at radius 3 is 2.75 bits per heavy atom. The van der Waals surface area contributed by atoms with Crippen LogP contribution >= 0.6 is 0 Å². The monoisotopic (exact) mass is 167 g/mol. The first-order valence-electron chi connectivity index (χ1n) is 3.65. The third-order valence-corrected chi connectivity index (χ3v) is 1.73. The summed E-state index contributed by atoms with van der Waals surface area (Å²) in [6.07, 6.45) is 1.63. The summed E-state index contributed by atoms with van der Waals surface area (Å²) in [7, 11) is 3.38. The van der Waals surface area contributed by atoms with Crippen LogP contribution in [0.15, 0.2) is 12.3 Å². The summed E-state index contributed by atoms with van der Waals surface area (Å²) in [6.45, 7) is 1.93. The van der Waals surface area contributed by atoms with Crippen LogP contribution in [-0.2, 0) is 4.84 Å². The molecule has 66 valence electrons.